The maximum Gasteiger partial charge on any atom is 0.275 e. The summed E-state index contributed by atoms with van der Waals surface area (Å²) in [5, 5.41) is 0.683. The number of ether oxygens (including phenoxy) is 1. The Balaban J connectivity index is 2.32. The smallest absolute Gasteiger partial charge is 0.275 e. The van der Waals surface area contributed by atoms with Crippen LogP contribution in [0, 0.1) is 0 Å². The summed E-state index contributed by atoms with van der Waals surface area (Å²) in [6, 6.07) is 6.98. The highest BCUT2D eigenvalue weighted by molar-refractivity contribution is 6.30. The van der Waals surface area contributed by atoms with Crippen molar-refractivity contribution < 1.29 is 14.4 Å². The molecule has 17 heavy (non-hydrogen) atoms. The van der Waals surface area contributed by atoms with Gasteiger partial charge in [0.25, 0.3) is 5.91 Å². The van der Waals surface area contributed by atoms with Crippen LogP contribution in [0.4, 0.5) is 0 Å². The Bertz CT molecular complexity index is 367. The summed E-state index contributed by atoms with van der Waals surface area (Å²) in [5.41, 5.74) is 5.22. The summed E-state index contributed by atoms with van der Waals surface area (Å²) in [6.45, 7) is 3.05. The Morgan fingerprint density at radius 3 is 2.59 bits per heavy atom. The van der Waals surface area contributed by atoms with Gasteiger partial charge >= 0.3 is 0 Å². The Morgan fingerprint density at radius 1 is 1.47 bits per heavy atom. The van der Waals surface area contributed by atoms with Crippen LogP contribution in [0.3, 0.4) is 0 Å². The molecule has 1 rings (SSSR count). The number of nitrogens with two attached hydrogens (primary N) is 1. The van der Waals surface area contributed by atoms with Crippen molar-refractivity contribution in [3.05, 3.63) is 29.3 Å². The van der Waals surface area contributed by atoms with Crippen LogP contribution >= 0.6 is 11.6 Å². The lowest BCUT2D eigenvalue weighted by Gasteiger charge is -2.18. The Hall–Kier alpha value is -1.26. The van der Waals surface area contributed by atoms with Gasteiger partial charge in [-0.25, -0.2) is 0 Å². The van der Waals surface area contributed by atoms with Gasteiger partial charge in [-0.3, -0.25) is 4.79 Å². The third-order valence-corrected chi connectivity index (χ3v) is 3.00. The number of nitrogens with one attached hydrogen (secondary N) is 1. The zero-order valence-electron chi connectivity index (χ0n) is 10.1. The third-order valence-electron chi connectivity index (χ3n) is 2.74. The summed E-state index contributed by atoms with van der Waals surface area (Å²) in [6.07, 6.45) is 0. The first kappa shape index (κ1) is 13.8. The number of benzene rings is 1. The van der Waals surface area contributed by atoms with Gasteiger partial charge in [-0.2, -0.15) is 0 Å². The van der Waals surface area contributed by atoms with Gasteiger partial charge in [-0.15, -0.1) is 0 Å². The zero-order valence-corrected chi connectivity index (χ0v) is 10.8. The van der Waals surface area contributed by atoms with Crippen molar-refractivity contribution in [2.75, 3.05) is 20.2 Å². The first-order valence-electron chi connectivity index (χ1n) is 5.50. The monoisotopic (exact) mass is 257 g/mol. The second-order valence-corrected chi connectivity index (χ2v) is 4.46. The molecule has 0 saturated carbocycles. The summed E-state index contributed by atoms with van der Waals surface area (Å²) in [4.78, 5) is 12.0. The van der Waals surface area contributed by atoms with Crippen molar-refractivity contribution >= 4 is 17.5 Å². The van der Waals surface area contributed by atoms with E-state index in [1.807, 2.05) is 19.2 Å². The van der Waals surface area contributed by atoms with Crippen LogP contribution in [0.5, 0.6) is 5.75 Å². The highest BCUT2D eigenvalue weighted by atomic mass is 35.5. The molecular formula is C12H18ClN2O2+. The molecule has 0 spiro atoms. The standard InChI is InChI=1S/C12H17ClN2O2/c1-9(12(14)16)15(2)7-8-17-11-5-3-10(13)4-6-11/h3-6,9H,7-8H2,1-2H3,(H2,14,16)/p+1/t9-/m1/s1. The van der Waals surface area contributed by atoms with Gasteiger partial charge in [-0.05, 0) is 31.2 Å². The molecule has 5 heteroatoms. The number of halogens is 1. The van der Waals surface area contributed by atoms with Crippen molar-refractivity contribution in [3.8, 4) is 5.75 Å². The van der Waals surface area contributed by atoms with Crippen LogP contribution in [-0.2, 0) is 4.79 Å². The molecule has 4 nitrogen and oxygen atoms in total. The average Bonchev–Trinajstić information content (AvgIpc) is 2.30. The van der Waals surface area contributed by atoms with E-state index in [1.54, 1.807) is 19.1 Å². The predicted molar refractivity (Wildman–Crippen MR) is 67.4 cm³/mol. The number of rotatable bonds is 6. The summed E-state index contributed by atoms with van der Waals surface area (Å²) in [7, 11) is 1.92. The maximum atomic E-state index is 11.0. The van der Waals surface area contributed by atoms with Crippen LogP contribution in [0.2, 0.25) is 5.02 Å². The molecule has 2 atom stereocenters. The highest BCUT2D eigenvalue weighted by Crippen LogP contribution is 2.14. The Labute approximate surface area is 106 Å². The van der Waals surface area contributed by atoms with E-state index in [1.165, 1.54) is 0 Å². The van der Waals surface area contributed by atoms with Gasteiger partial charge in [0, 0.05) is 5.02 Å². The van der Waals surface area contributed by atoms with Crippen LogP contribution in [0.1, 0.15) is 6.92 Å². The molecule has 3 N–H and O–H groups in total. The van der Waals surface area contributed by atoms with Crippen LogP contribution in [0.15, 0.2) is 24.3 Å². The summed E-state index contributed by atoms with van der Waals surface area (Å²) in [5.74, 6) is 0.475. The second kappa shape index (κ2) is 6.47. The van der Waals surface area contributed by atoms with Gasteiger partial charge in [0.2, 0.25) is 0 Å². The lowest BCUT2D eigenvalue weighted by Crippen LogP contribution is -3.14. The minimum Gasteiger partial charge on any atom is -0.488 e. The molecular weight excluding hydrogens is 240 g/mol. The van der Waals surface area contributed by atoms with Gasteiger partial charge in [-0.1, -0.05) is 11.6 Å². The first-order chi connectivity index (χ1) is 8.00. The van der Waals surface area contributed by atoms with Crippen molar-refractivity contribution in [3.63, 3.8) is 0 Å². The van der Waals surface area contributed by atoms with Crippen LogP contribution < -0.4 is 15.4 Å². The zero-order chi connectivity index (χ0) is 12.8. The number of amides is 1. The molecule has 0 aliphatic rings. The molecule has 0 bridgehead atoms. The van der Waals surface area contributed by atoms with Crippen molar-refractivity contribution in [2.45, 2.75) is 13.0 Å². The molecule has 0 fully saturated rings. The van der Waals surface area contributed by atoms with Gasteiger partial charge < -0.3 is 15.4 Å². The fourth-order valence-electron chi connectivity index (χ4n) is 1.32. The molecule has 0 aliphatic carbocycles. The minimum atomic E-state index is -0.297. The van der Waals surface area contributed by atoms with Crippen LogP contribution in [0.25, 0.3) is 0 Å². The molecule has 1 amide bonds. The summed E-state index contributed by atoms with van der Waals surface area (Å²) >= 11 is 5.76. The Morgan fingerprint density at radius 2 is 2.06 bits per heavy atom. The number of primary amides is 1. The topological polar surface area (TPSA) is 56.8 Å². The normalized spacial score (nSPS) is 14.1. The fourth-order valence-corrected chi connectivity index (χ4v) is 1.45. The average molecular weight is 258 g/mol. The molecule has 0 aliphatic heterocycles. The largest absolute Gasteiger partial charge is 0.488 e. The molecule has 0 saturated heterocycles. The van der Waals surface area contributed by atoms with Crippen molar-refractivity contribution in [1.82, 2.24) is 0 Å². The number of hydrogen-bond donors (Lipinski definition) is 2. The van der Waals surface area contributed by atoms with E-state index in [0.29, 0.717) is 18.2 Å². The van der Waals surface area contributed by atoms with E-state index in [-0.39, 0.29) is 11.9 Å². The number of carbonyl (C=O) groups is 1. The molecule has 1 unspecified atom stereocenters. The highest BCUT2D eigenvalue weighted by Gasteiger charge is 2.17. The fraction of sp³-hybridized carbons (Fsp3) is 0.417. The Kier molecular flexibility index (Phi) is 5.25. The third kappa shape index (κ3) is 4.63. The van der Waals surface area contributed by atoms with Gasteiger partial charge in [0.15, 0.2) is 6.04 Å². The van der Waals surface area contributed by atoms with E-state index in [2.05, 4.69) is 0 Å². The van der Waals surface area contributed by atoms with E-state index in [4.69, 9.17) is 22.1 Å². The molecule has 94 valence electrons. The predicted octanol–water partition coefficient (Wildman–Crippen LogP) is 0.107. The lowest BCUT2D eigenvalue weighted by molar-refractivity contribution is -0.894. The SMILES string of the molecule is C[C@H](C(N)=O)[NH+](C)CCOc1ccc(Cl)cc1. The quantitative estimate of drug-likeness (QED) is 0.760. The van der Waals surface area contributed by atoms with Crippen LogP contribution in [-0.4, -0.2) is 32.1 Å². The molecule has 1 aromatic rings. The first-order valence-corrected chi connectivity index (χ1v) is 5.88. The summed E-state index contributed by atoms with van der Waals surface area (Å²) < 4.78 is 5.53. The minimum absolute atomic E-state index is 0.205. The number of likely N-dealkylation sites (N-methyl/N-ethyl adjacent to an activating group) is 1. The molecule has 1 aromatic carbocycles. The van der Waals surface area contributed by atoms with E-state index >= 15 is 0 Å². The number of carbonyl (C=O) groups excluding carboxylic acids is 1. The van der Waals surface area contributed by atoms with E-state index in [0.717, 1.165) is 10.6 Å². The second-order valence-electron chi connectivity index (χ2n) is 4.02. The van der Waals surface area contributed by atoms with Crippen molar-refractivity contribution in [1.29, 1.82) is 0 Å². The number of quaternary nitrogens is 1. The number of hydrogen-bond acceptors (Lipinski definition) is 2. The van der Waals surface area contributed by atoms with Crippen molar-refractivity contribution in [2.24, 2.45) is 5.73 Å². The molecule has 0 heterocycles. The maximum absolute atomic E-state index is 11.0. The molecule has 0 aromatic heterocycles. The lowest BCUT2D eigenvalue weighted by atomic mass is 10.3. The van der Waals surface area contributed by atoms with E-state index < -0.39 is 0 Å². The molecule has 0 radical (unpaired) electrons. The van der Waals surface area contributed by atoms with Gasteiger partial charge in [0.05, 0.1) is 7.05 Å². The van der Waals surface area contributed by atoms with Gasteiger partial charge in [0.1, 0.15) is 18.9 Å². The van der Waals surface area contributed by atoms with E-state index in [9.17, 15) is 4.79 Å².